The predicted molar refractivity (Wildman–Crippen MR) is 121 cm³/mol. The molecule has 0 saturated carbocycles. The molecule has 4 rings (SSSR count). The summed E-state index contributed by atoms with van der Waals surface area (Å²) in [5.74, 6) is 0.737. The number of aromatic nitrogens is 2. The molecule has 0 atom stereocenters. The molecule has 0 saturated heterocycles. The highest BCUT2D eigenvalue weighted by Crippen LogP contribution is 2.27. The first-order chi connectivity index (χ1) is 14.6. The molecule has 2 N–H and O–H groups in total. The Bertz CT molecular complexity index is 1180. The molecule has 7 heteroatoms. The van der Waals surface area contributed by atoms with Crippen LogP contribution in [0.15, 0.2) is 78.0 Å². The summed E-state index contributed by atoms with van der Waals surface area (Å²) >= 11 is 7.61. The number of carbonyl (C=O) groups excluding carboxylic acids is 1. The first-order valence-electron chi connectivity index (χ1n) is 9.44. The molecule has 0 aliphatic heterocycles. The Balaban J connectivity index is 1.50. The number of halogens is 1. The Hall–Kier alpha value is -2.96. The fourth-order valence-corrected chi connectivity index (χ4v) is 4.32. The van der Waals surface area contributed by atoms with Crippen molar-refractivity contribution < 1.29 is 14.1 Å². The standard InChI is InChI=1S/C23H20ClN3O2S/c1-29-21-12-11-17(13-18(21)24)25-22(28)15-30-23-26-19-9-5-6-10-20(19)27(23)14-16-7-3-2-4-8-16/h2-13H,14-15H2,1H3,(H,25,28)/p+1. The molecule has 5 nitrogen and oxygen atoms in total. The Labute approximate surface area is 184 Å². The molecule has 1 amide bonds. The third-order valence-corrected chi connectivity index (χ3v) is 5.94. The number of aromatic amines is 1. The minimum absolute atomic E-state index is 0.105. The fourth-order valence-electron chi connectivity index (χ4n) is 3.22. The van der Waals surface area contributed by atoms with Crippen molar-refractivity contribution in [1.82, 2.24) is 4.98 Å². The topological polar surface area (TPSA) is 58.0 Å². The van der Waals surface area contributed by atoms with Crippen LogP contribution in [-0.2, 0) is 11.3 Å². The van der Waals surface area contributed by atoms with Crippen LogP contribution in [0, 0.1) is 0 Å². The van der Waals surface area contributed by atoms with Gasteiger partial charge in [-0.3, -0.25) is 4.79 Å². The zero-order valence-corrected chi connectivity index (χ0v) is 18.0. The minimum atomic E-state index is -0.105. The zero-order chi connectivity index (χ0) is 20.9. The SMILES string of the molecule is COc1ccc(NC(=O)CSc2[nH]c3ccccc3[n+]2Cc2ccccc2)cc1Cl. The van der Waals surface area contributed by atoms with Crippen LogP contribution in [0.3, 0.4) is 0 Å². The molecular formula is C23H21ClN3O2S+. The number of nitrogens with zero attached hydrogens (tertiary/aromatic N) is 1. The van der Waals surface area contributed by atoms with Gasteiger partial charge < -0.3 is 10.1 Å². The summed E-state index contributed by atoms with van der Waals surface area (Å²) in [5.41, 5.74) is 3.98. The molecule has 1 aromatic heterocycles. The number of methoxy groups -OCH3 is 1. The molecule has 152 valence electrons. The van der Waals surface area contributed by atoms with Gasteiger partial charge in [-0.25, -0.2) is 9.55 Å². The van der Waals surface area contributed by atoms with Crippen molar-refractivity contribution in [3.8, 4) is 5.75 Å². The lowest BCUT2D eigenvalue weighted by Crippen LogP contribution is -2.35. The maximum Gasteiger partial charge on any atom is 0.317 e. The van der Waals surface area contributed by atoms with Crippen molar-refractivity contribution >= 4 is 46.0 Å². The van der Waals surface area contributed by atoms with Gasteiger partial charge in [0.15, 0.2) is 11.0 Å². The van der Waals surface area contributed by atoms with Crippen LogP contribution in [0.1, 0.15) is 5.56 Å². The van der Waals surface area contributed by atoms with Crippen molar-refractivity contribution in [2.75, 3.05) is 18.2 Å². The third kappa shape index (κ3) is 4.61. The van der Waals surface area contributed by atoms with Crippen LogP contribution in [0.25, 0.3) is 11.0 Å². The second-order valence-corrected chi connectivity index (χ2v) is 8.08. The van der Waals surface area contributed by atoms with Crippen LogP contribution in [0.2, 0.25) is 5.02 Å². The molecule has 0 radical (unpaired) electrons. The van der Waals surface area contributed by atoms with Gasteiger partial charge >= 0.3 is 5.16 Å². The number of benzene rings is 3. The minimum Gasteiger partial charge on any atom is -0.495 e. The molecule has 4 aromatic rings. The van der Waals surface area contributed by atoms with Crippen LogP contribution < -0.4 is 14.6 Å². The van der Waals surface area contributed by atoms with E-state index in [9.17, 15) is 4.79 Å². The largest absolute Gasteiger partial charge is 0.495 e. The average molecular weight is 439 g/mol. The summed E-state index contributed by atoms with van der Waals surface area (Å²) in [6.45, 7) is 0.725. The second kappa shape index (κ2) is 9.24. The van der Waals surface area contributed by atoms with Gasteiger partial charge in [-0.1, -0.05) is 54.1 Å². The van der Waals surface area contributed by atoms with E-state index in [1.54, 1.807) is 25.3 Å². The molecule has 1 heterocycles. The number of H-pyrrole nitrogens is 1. The monoisotopic (exact) mass is 438 g/mol. The van der Waals surface area contributed by atoms with E-state index in [0.717, 1.165) is 22.7 Å². The molecule has 0 aliphatic carbocycles. The molecule has 0 bridgehead atoms. The number of carbonyl (C=O) groups is 1. The summed E-state index contributed by atoms with van der Waals surface area (Å²) in [6, 6.07) is 23.6. The number of hydrogen-bond donors (Lipinski definition) is 2. The summed E-state index contributed by atoms with van der Waals surface area (Å²) in [6.07, 6.45) is 0. The fraction of sp³-hybridized carbons (Fsp3) is 0.130. The van der Waals surface area contributed by atoms with Crippen LogP contribution >= 0.6 is 23.4 Å². The van der Waals surface area contributed by atoms with Crippen molar-refractivity contribution in [1.29, 1.82) is 0 Å². The number of imidazole rings is 1. The molecule has 0 spiro atoms. The number of ether oxygens (including phenoxy) is 1. The highest BCUT2D eigenvalue weighted by atomic mass is 35.5. The van der Waals surface area contributed by atoms with E-state index < -0.39 is 0 Å². The Kier molecular flexibility index (Phi) is 6.26. The van der Waals surface area contributed by atoms with E-state index >= 15 is 0 Å². The number of thioether (sulfide) groups is 1. The Morgan fingerprint density at radius 2 is 1.87 bits per heavy atom. The molecule has 0 unspecified atom stereocenters. The number of amides is 1. The van der Waals surface area contributed by atoms with E-state index in [1.165, 1.54) is 17.3 Å². The van der Waals surface area contributed by atoms with Gasteiger partial charge in [0.25, 0.3) is 0 Å². The lowest BCUT2D eigenvalue weighted by molar-refractivity contribution is -0.700. The molecule has 0 fully saturated rings. The molecule has 30 heavy (non-hydrogen) atoms. The molecule has 3 aromatic carbocycles. The second-order valence-electron chi connectivity index (χ2n) is 6.71. The van der Waals surface area contributed by atoms with Gasteiger partial charge in [-0.15, -0.1) is 0 Å². The van der Waals surface area contributed by atoms with E-state index in [-0.39, 0.29) is 11.7 Å². The molecule has 0 aliphatic rings. The predicted octanol–water partition coefficient (Wildman–Crippen LogP) is 4.90. The van der Waals surface area contributed by atoms with Gasteiger partial charge in [-0.05, 0) is 47.7 Å². The van der Waals surface area contributed by atoms with E-state index in [4.69, 9.17) is 16.3 Å². The average Bonchev–Trinajstić information content (AvgIpc) is 3.11. The van der Waals surface area contributed by atoms with Crippen LogP contribution in [0.4, 0.5) is 5.69 Å². The summed E-state index contributed by atoms with van der Waals surface area (Å²) in [4.78, 5) is 15.9. The van der Waals surface area contributed by atoms with Crippen LogP contribution in [-0.4, -0.2) is 23.8 Å². The van der Waals surface area contributed by atoms with Crippen molar-refractivity contribution in [3.63, 3.8) is 0 Å². The van der Waals surface area contributed by atoms with Gasteiger partial charge in [-0.2, -0.15) is 0 Å². The number of anilines is 1. The maximum absolute atomic E-state index is 12.5. The van der Waals surface area contributed by atoms with Gasteiger partial charge in [0.1, 0.15) is 12.3 Å². The summed E-state index contributed by atoms with van der Waals surface area (Å²) in [5, 5.41) is 4.28. The van der Waals surface area contributed by atoms with E-state index in [1.807, 2.05) is 36.4 Å². The summed E-state index contributed by atoms with van der Waals surface area (Å²) < 4.78 is 7.35. The van der Waals surface area contributed by atoms with E-state index in [0.29, 0.717) is 16.5 Å². The van der Waals surface area contributed by atoms with Crippen molar-refractivity contribution in [2.45, 2.75) is 11.7 Å². The normalized spacial score (nSPS) is 10.9. The van der Waals surface area contributed by atoms with Gasteiger partial charge in [0, 0.05) is 5.69 Å². The number of hydrogen-bond acceptors (Lipinski definition) is 3. The quantitative estimate of drug-likeness (QED) is 0.319. The maximum atomic E-state index is 12.5. The highest BCUT2D eigenvalue weighted by molar-refractivity contribution is 7.99. The number of nitrogens with one attached hydrogen (secondary N) is 2. The van der Waals surface area contributed by atoms with Crippen LogP contribution in [0.5, 0.6) is 5.75 Å². The number of rotatable bonds is 7. The van der Waals surface area contributed by atoms with Gasteiger partial charge in [0.05, 0.1) is 17.9 Å². The third-order valence-electron chi connectivity index (χ3n) is 4.64. The Morgan fingerprint density at radius 3 is 2.63 bits per heavy atom. The zero-order valence-electron chi connectivity index (χ0n) is 16.4. The summed E-state index contributed by atoms with van der Waals surface area (Å²) in [7, 11) is 1.56. The van der Waals surface area contributed by atoms with E-state index in [2.05, 4.69) is 33.1 Å². The smallest absolute Gasteiger partial charge is 0.317 e. The first-order valence-corrected chi connectivity index (χ1v) is 10.8. The highest BCUT2D eigenvalue weighted by Gasteiger charge is 2.20. The number of para-hydroxylation sites is 2. The van der Waals surface area contributed by atoms with Crippen molar-refractivity contribution in [3.05, 3.63) is 83.4 Å². The first kappa shape index (κ1) is 20.3. The lowest BCUT2D eigenvalue weighted by atomic mass is 10.2. The number of fused-ring (bicyclic) bond motifs is 1. The molecular weight excluding hydrogens is 418 g/mol. The van der Waals surface area contributed by atoms with Gasteiger partial charge in [0.2, 0.25) is 5.91 Å². The Morgan fingerprint density at radius 1 is 1.10 bits per heavy atom. The lowest BCUT2D eigenvalue weighted by Gasteiger charge is -2.07. The van der Waals surface area contributed by atoms with Crippen molar-refractivity contribution in [2.24, 2.45) is 0 Å².